The lowest BCUT2D eigenvalue weighted by atomic mass is 10.1. The number of imidazole rings is 1. The van der Waals surface area contributed by atoms with E-state index in [2.05, 4.69) is 20.3 Å². The van der Waals surface area contributed by atoms with Gasteiger partial charge in [-0.05, 0) is 30.9 Å². The fourth-order valence-electron chi connectivity index (χ4n) is 3.55. The zero-order valence-electron chi connectivity index (χ0n) is 13.7. The standard InChI is InChI=1S/C15H19ClFN5O4/c16-15-20-12(19-6-2-1-3-7(6)23)9-13(21-15)22(5-18-9)14-11(25)10(24)8(4-17)26-14/h5-8,10-11,14,23-25H,1-4H2,(H,19,20,21)/t6?,7?,8-,10-,11-,14-/m1/s1. The Morgan fingerprint density at radius 1 is 1.27 bits per heavy atom. The molecule has 0 spiro atoms. The van der Waals surface area contributed by atoms with Crippen LogP contribution in [0.1, 0.15) is 25.5 Å². The number of rotatable bonds is 4. The minimum atomic E-state index is -1.36. The molecule has 1 saturated carbocycles. The number of nitrogens with one attached hydrogen (secondary N) is 1. The van der Waals surface area contributed by atoms with Crippen LogP contribution in [-0.4, -0.2) is 72.0 Å². The zero-order valence-corrected chi connectivity index (χ0v) is 14.4. The van der Waals surface area contributed by atoms with Crippen LogP contribution < -0.4 is 5.32 Å². The van der Waals surface area contributed by atoms with Gasteiger partial charge in [-0.25, -0.2) is 9.37 Å². The van der Waals surface area contributed by atoms with Gasteiger partial charge in [0.2, 0.25) is 5.28 Å². The van der Waals surface area contributed by atoms with Gasteiger partial charge in [-0.2, -0.15) is 9.97 Å². The number of aliphatic hydroxyl groups excluding tert-OH is 3. The van der Waals surface area contributed by atoms with Crippen LogP contribution in [0, 0.1) is 0 Å². The minimum Gasteiger partial charge on any atom is -0.391 e. The van der Waals surface area contributed by atoms with E-state index in [1.54, 1.807) is 0 Å². The highest BCUT2D eigenvalue weighted by atomic mass is 35.5. The van der Waals surface area contributed by atoms with Crippen LogP contribution in [0.3, 0.4) is 0 Å². The maximum atomic E-state index is 12.9. The van der Waals surface area contributed by atoms with E-state index in [4.69, 9.17) is 16.3 Å². The Morgan fingerprint density at radius 3 is 2.73 bits per heavy atom. The molecule has 2 aromatic heterocycles. The number of nitrogens with zero attached hydrogens (tertiary/aromatic N) is 4. The number of anilines is 1. The Bertz CT molecular complexity index is 808. The first-order chi connectivity index (χ1) is 12.5. The molecule has 142 valence electrons. The third kappa shape index (κ3) is 2.91. The number of aliphatic hydroxyl groups is 3. The summed E-state index contributed by atoms with van der Waals surface area (Å²) in [6, 6.07) is -0.166. The highest BCUT2D eigenvalue weighted by Gasteiger charge is 2.44. The molecule has 1 aliphatic heterocycles. The Balaban J connectivity index is 1.70. The highest BCUT2D eigenvalue weighted by Crippen LogP contribution is 2.33. The first-order valence-electron chi connectivity index (χ1n) is 8.42. The van der Waals surface area contributed by atoms with Crippen LogP contribution in [-0.2, 0) is 4.74 Å². The molecule has 4 rings (SSSR count). The van der Waals surface area contributed by atoms with E-state index in [-0.39, 0.29) is 17.0 Å². The fraction of sp³-hybridized carbons (Fsp3) is 0.667. The molecule has 11 heteroatoms. The molecule has 4 N–H and O–H groups in total. The molecule has 0 radical (unpaired) electrons. The van der Waals surface area contributed by atoms with Crippen LogP contribution in [0.25, 0.3) is 11.2 Å². The van der Waals surface area contributed by atoms with Crippen LogP contribution >= 0.6 is 11.6 Å². The molecule has 0 aromatic carbocycles. The molecule has 0 bridgehead atoms. The summed E-state index contributed by atoms with van der Waals surface area (Å²) in [5.41, 5.74) is 0.651. The van der Waals surface area contributed by atoms with Crippen molar-refractivity contribution in [3.63, 3.8) is 0 Å². The normalized spacial score (nSPS) is 34.7. The molecule has 9 nitrogen and oxygen atoms in total. The molecule has 26 heavy (non-hydrogen) atoms. The number of halogens is 2. The van der Waals surface area contributed by atoms with Crippen LogP contribution in [0.4, 0.5) is 10.2 Å². The van der Waals surface area contributed by atoms with Crippen molar-refractivity contribution in [2.45, 2.75) is 55.9 Å². The highest BCUT2D eigenvalue weighted by molar-refractivity contribution is 6.28. The van der Waals surface area contributed by atoms with Crippen molar-refractivity contribution in [2.24, 2.45) is 0 Å². The largest absolute Gasteiger partial charge is 0.391 e. The van der Waals surface area contributed by atoms with Crippen molar-refractivity contribution in [3.05, 3.63) is 11.6 Å². The first kappa shape index (κ1) is 17.8. The molecule has 2 aromatic rings. The molecule has 2 aliphatic rings. The first-order valence-corrected chi connectivity index (χ1v) is 8.79. The van der Waals surface area contributed by atoms with Gasteiger partial charge in [0.15, 0.2) is 23.2 Å². The molecule has 1 saturated heterocycles. The van der Waals surface area contributed by atoms with Gasteiger partial charge in [-0.15, -0.1) is 0 Å². The summed E-state index contributed by atoms with van der Waals surface area (Å²) in [6.45, 7) is -0.927. The van der Waals surface area contributed by atoms with Crippen LogP contribution in [0.15, 0.2) is 6.33 Å². The lowest BCUT2D eigenvalue weighted by molar-refractivity contribution is -0.0409. The third-order valence-corrected chi connectivity index (χ3v) is 5.13. The Morgan fingerprint density at radius 2 is 2.08 bits per heavy atom. The Kier molecular flexibility index (Phi) is 4.70. The summed E-state index contributed by atoms with van der Waals surface area (Å²) >= 11 is 6.02. The molecule has 2 unspecified atom stereocenters. The summed E-state index contributed by atoms with van der Waals surface area (Å²) in [4.78, 5) is 12.5. The van der Waals surface area contributed by atoms with Gasteiger partial charge in [0.1, 0.15) is 25.0 Å². The summed E-state index contributed by atoms with van der Waals surface area (Å²) in [7, 11) is 0. The lowest BCUT2D eigenvalue weighted by Gasteiger charge is -2.18. The third-order valence-electron chi connectivity index (χ3n) is 4.96. The second-order valence-electron chi connectivity index (χ2n) is 6.61. The molecule has 0 amide bonds. The average molecular weight is 388 g/mol. The smallest absolute Gasteiger partial charge is 0.226 e. The zero-order chi connectivity index (χ0) is 18.4. The van der Waals surface area contributed by atoms with E-state index in [9.17, 15) is 19.7 Å². The van der Waals surface area contributed by atoms with Gasteiger partial charge in [-0.3, -0.25) is 4.57 Å². The number of hydrogen-bond donors (Lipinski definition) is 4. The van der Waals surface area contributed by atoms with E-state index in [0.29, 0.717) is 17.8 Å². The second-order valence-corrected chi connectivity index (χ2v) is 6.95. The van der Waals surface area contributed by atoms with Crippen molar-refractivity contribution >= 4 is 28.6 Å². The van der Waals surface area contributed by atoms with E-state index in [1.807, 2.05) is 0 Å². The number of hydrogen-bond acceptors (Lipinski definition) is 8. The summed E-state index contributed by atoms with van der Waals surface area (Å²) < 4.78 is 19.7. The fourth-order valence-corrected chi connectivity index (χ4v) is 3.71. The van der Waals surface area contributed by atoms with Gasteiger partial charge in [-0.1, -0.05) is 0 Å². The summed E-state index contributed by atoms with van der Waals surface area (Å²) in [5.74, 6) is 0.361. The van der Waals surface area contributed by atoms with E-state index >= 15 is 0 Å². The monoisotopic (exact) mass is 387 g/mol. The molecule has 6 atom stereocenters. The maximum Gasteiger partial charge on any atom is 0.226 e. The topological polar surface area (TPSA) is 126 Å². The van der Waals surface area contributed by atoms with Gasteiger partial charge < -0.3 is 25.4 Å². The van der Waals surface area contributed by atoms with E-state index < -0.39 is 37.3 Å². The van der Waals surface area contributed by atoms with Crippen LogP contribution in [0.5, 0.6) is 0 Å². The lowest BCUT2D eigenvalue weighted by Crippen LogP contribution is -2.32. The predicted molar refractivity (Wildman–Crippen MR) is 89.5 cm³/mol. The summed E-state index contributed by atoms with van der Waals surface area (Å²) in [5, 5.41) is 33.2. The van der Waals surface area contributed by atoms with Gasteiger partial charge in [0.05, 0.1) is 18.5 Å². The van der Waals surface area contributed by atoms with Gasteiger partial charge in [0.25, 0.3) is 0 Å². The molecular weight excluding hydrogens is 369 g/mol. The quantitative estimate of drug-likeness (QED) is 0.555. The van der Waals surface area contributed by atoms with Crippen molar-refractivity contribution in [2.75, 3.05) is 12.0 Å². The van der Waals surface area contributed by atoms with Crippen molar-refractivity contribution in [3.8, 4) is 0 Å². The molecular formula is C15H19ClFN5O4. The van der Waals surface area contributed by atoms with Gasteiger partial charge >= 0.3 is 0 Å². The maximum absolute atomic E-state index is 12.9. The minimum absolute atomic E-state index is 0.0516. The van der Waals surface area contributed by atoms with Crippen molar-refractivity contribution < 1.29 is 24.4 Å². The summed E-state index contributed by atoms with van der Waals surface area (Å²) in [6.07, 6.45) is -1.59. The molecule has 3 heterocycles. The number of fused-ring (bicyclic) bond motifs is 1. The van der Waals surface area contributed by atoms with Crippen LogP contribution in [0.2, 0.25) is 5.28 Å². The van der Waals surface area contributed by atoms with E-state index in [0.717, 1.165) is 12.8 Å². The number of alkyl halides is 1. The predicted octanol–water partition coefficient (Wildman–Crippen LogP) is 0.394. The number of aromatic nitrogens is 4. The van der Waals surface area contributed by atoms with Gasteiger partial charge in [0, 0.05) is 0 Å². The second kappa shape index (κ2) is 6.86. The van der Waals surface area contributed by atoms with Crippen molar-refractivity contribution in [1.29, 1.82) is 0 Å². The molecule has 2 fully saturated rings. The Labute approximate surface area is 152 Å². The SMILES string of the molecule is OC1CCCC1Nc1nc(Cl)nc2c1ncn2[C@@H]1O[C@H](CF)[C@@H](O)[C@H]1O. The molecule has 1 aliphatic carbocycles. The number of ether oxygens (including phenoxy) is 1. The Hall–Kier alpha value is -1.59. The van der Waals surface area contributed by atoms with E-state index in [1.165, 1.54) is 10.9 Å². The van der Waals surface area contributed by atoms with Crippen molar-refractivity contribution in [1.82, 2.24) is 19.5 Å². The average Bonchev–Trinajstić information content (AvgIpc) is 3.28.